The molecule has 0 unspecified atom stereocenters. The van der Waals surface area contributed by atoms with Crippen LogP contribution in [0.2, 0.25) is 0 Å². The highest BCUT2D eigenvalue weighted by atomic mass is 16.1. The summed E-state index contributed by atoms with van der Waals surface area (Å²) in [5, 5.41) is 8.54. The van der Waals surface area contributed by atoms with E-state index in [2.05, 4.69) is 39.7 Å². The third kappa shape index (κ3) is 3.87. The van der Waals surface area contributed by atoms with E-state index < -0.39 is 0 Å². The van der Waals surface area contributed by atoms with E-state index in [0.717, 1.165) is 49.8 Å². The molecule has 2 aliphatic carbocycles. The Kier molecular flexibility index (Phi) is 4.98. The van der Waals surface area contributed by atoms with Gasteiger partial charge in [-0.15, -0.1) is 0 Å². The first kappa shape index (κ1) is 18.3. The van der Waals surface area contributed by atoms with Crippen LogP contribution >= 0.6 is 0 Å². The lowest BCUT2D eigenvalue weighted by Gasteiger charge is -2.31. The van der Waals surface area contributed by atoms with Crippen LogP contribution in [0.15, 0.2) is 65.7 Å². The maximum atomic E-state index is 12.5. The Morgan fingerprint density at radius 2 is 1.62 bits per heavy atom. The largest absolute Gasteiger partial charge is 0.311 e. The van der Waals surface area contributed by atoms with Gasteiger partial charge in [0.25, 0.3) is 5.56 Å². The van der Waals surface area contributed by atoms with Crippen molar-refractivity contribution in [2.45, 2.75) is 56.7 Å². The average molecular weight is 386 g/mol. The Balaban J connectivity index is 1.23. The molecule has 5 heteroatoms. The van der Waals surface area contributed by atoms with Crippen molar-refractivity contribution in [3.63, 3.8) is 0 Å². The third-order valence-corrected chi connectivity index (χ3v) is 6.35. The van der Waals surface area contributed by atoms with Gasteiger partial charge >= 0.3 is 0 Å². The number of benzene rings is 1. The minimum atomic E-state index is -0.0136. The van der Waals surface area contributed by atoms with Gasteiger partial charge in [-0.3, -0.25) is 9.78 Å². The first-order chi connectivity index (χ1) is 14.3. The van der Waals surface area contributed by atoms with Gasteiger partial charge in [0.2, 0.25) is 0 Å². The fourth-order valence-electron chi connectivity index (χ4n) is 4.85. The lowest BCUT2D eigenvalue weighted by molar-refractivity contribution is 0.257. The van der Waals surface area contributed by atoms with Crippen LogP contribution < -0.4 is 10.9 Å². The Morgan fingerprint density at radius 3 is 2.31 bits per heavy atom. The van der Waals surface area contributed by atoms with Crippen LogP contribution in [0, 0.1) is 0 Å². The summed E-state index contributed by atoms with van der Waals surface area (Å²) in [6, 6.07) is 17.3. The zero-order valence-corrected chi connectivity index (χ0v) is 16.5. The summed E-state index contributed by atoms with van der Waals surface area (Å²) < 4.78 is 1.70. The molecule has 29 heavy (non-hydrogen) atoms. The summed E-state index contributed by atoms with van der Waals surface area (Å²) in [5.41, 5.74) is 4.71. The number of hydrogen-bond acceptors (Lipinski definition) is 4. The molecule has 0 aliphatic heterocycles. The summed E-state index contributed by atoms with van der Waals surface area (Å²) in [4.78, 5) is 16.6. The van der Waals surface area contributed by atoms with E-state index in [9.17, 15) is 4.79 Å². The topological polar surface area (TPSA) is 59.8 Å². The van der Waals surface area contributed by atoms with Gasteiger partial charge in [0.15, 0.2) is 0 Å². The van der Waals surface area contributed by atoms with Gasteiger partial charge in [-0.25, -0.2) is 4.68 Å². The van der Waals surface area contributed by atoms with Crippen molar-refractivity contribution in [2.24, 2.45) is 0 Å². The Bertz CT molecular complexity index is 1010. The van der Waals surface area contributed by atoms with Crippen LogP contribution in [-0.2, 0) is 12.8 Å². The number of pyridine rings is 1. The molecule has 0 amide bonds. The number of aromatic nitrogens is 3. The van der Waals surface area contributed by atoms with E-state index in [4.69, 9.17) is 0 Å². The summed E-state index contributed by atoms with van der Waals surface area (Å²) in [7, 11) is 0. The molecule has 1 N–H and O–H groups in total. The normalized spacial score (nSPS) is 21.8. The predicted molar refractivity (Wildman–Crippen MR) is 114 cm³/mol. The molecule has 0 spiro atoms. The van der Waals surface area contributed by atoms with Gasteiger partial charge < -0.3 is 5.32 Å². The molecule has 5 rings (SSSR count). The van der Waals surface area contributed by atoms with E-state index in [1.807, 2.05) is 12.1 Å². The number of hydrogen-bond donors (Lipinski definition) is 1. The summed E-state index contributed by atoms with van der Waals surface area (Å²) in [6.45, 7) is 0. The lowest BCUT2D eigenvalue weighted by atomic mass is 9.90. The standard InChI is InChI=1S/C24H26N4O/c29-24-12-11-23(19-6-3-13-25-16-19)27-28(24)22-9-7-20(8-10-22)26-21-14-17-4-1-2-5-18(17)15-21/h1-6,11-13,16,20-22,26H,7-10,14-15H2. The monoisotopic (exact) mass is 386 g/mol. The van der Waals surface area contributed by atoms with Crippen molar-refractivity contribution in [1.82, 2.24) is 20.1 Å². The molecule has 1 fully saturated rings. The fraction of sp³-hybridized carbons (Fsp3) is 0.375. The molecule has 1 aromatic carbocycles. The quantitative estimate of drug-likeness (QED) is 0.745. The van der Waals surface area contributed by atoms with Crippen LogP contribution in [0.1, 0.15) is 42.9 Å². The van der Waals surface area contributed by atoms with Gasteiger partial charge in [-0.1, -0.05) is 24.3 Å². The fourth-order valence-corrected chi connectivity index (χ4v) is 4.85. The minimum absolute atomic E-state index is 0.0136. The van der Waals surface area contributed by atoms with Crippen LogP contribution in [-0.4, -0.2) is 26.8 Å². The molecule has 0 saturated heterocycles. The molecule has 5 nitrogen and oxygen atoms in total. The number of nitrogens with one attached hydrogen (secondary N) is 1. The highest BCUT2D eigenvalue weighted by Gasteiger charge is 2.28. The lowest BCUT2D eigenvalue weighted by Crippen LogP contribution is -2.42. The molecule has 3 aromatic rings. The summed E-state index contributed by atoms with van der Waals surface area (Å²) in [6.07, 6.45) is 9.94. The highest BCUT2D eigenvalue weighted by molar-refractivity contribution is 5.56. The number of nitrogens with zero attached hydrogens (tertiary/aromatic N) is 3. The number of fused-ring (bicyclic) bond motifs is 1. The second-order valence-corrected chi connectivity index (χ2v) is 8.29. The second kappa shape index (κ2) is 7.91. The smallest absolute Gasteiger partial charge is 0.267 e. The van der Waals surface area contributed by atoms with E-state index in [0.29, 0.717) is 12.1 Å². The van der Waals surface area contributed by atoms with Crippen molar-refractivity contribution in [3.8, 4) is 11.3 Å². The zero-order chi connectivity index (χ0) is 19.6. The minimum Gasteiger partial charge on any atom is -0.311 e. The molecule has 0 atom stereocenters. The van der Waals surface area contributed by atoms with Crippen molar-refractivity contribution < 1.29 is 0 Å². The molecule has 2 aliphatic rings. The first-order valence-electron chi connectivity index (χ1n) is 10.6. The van der Waals surface area contributed by atoms with Gasteiger partial charge in [-0.05, 0) is 67.9 Å². The molecule has 2 aromatic heterocycles. The molecule has 2 heterocycles. The van der Waals surface area contributed by atoms with E-state index in [1.54, 1.807) is 29.2 Å². The van der Waals surface area contributed by atoms with Crippen molar-refractivity contribution >= 4 is 0 Å². The highest BCUT2D eigenvalue weighted by Crippen LogP contribution is 2.29. The molecule has 1 saturated carbocycles. The summed E-state index contributed by atoms with van der Waals surface area (Å²) >= 11 is 0. The maximum Gasteiger partial charge on any atom is 0.267 e. The van der Waals surface area contributed by atoms with Crippen molar-refractivity contribution in [1.29, 1.82) is 0 Å². The maximum absolute atomic E-state index is 12.5. The van der Waals surface area contributed by atoms with Gasteiger partial charge in [0, 0.05) is 36.1 Å². The Morgan fingerprint density at radius 1 is 0.862 bits per heavy atom. The van der Waals surface area contributed by atoms with Crippen LogP contribution in [0.4, 0.5) is 0 Å². The van der Waals surface area contributed by atoms with Crippen LogP contribution in [0.3, 0.4) is 0 Å². The molecular weight excluding hydrogens is 360 g/mol. The van der Waals surface area contributed by atoms with Crippen molar-refractivity contribution in [3.05, 3.63) is 82.4 Å². The third-order valence-electron chi connectivity index (χ3n) is 6.35. The van der Waals surface area contributed by atoms with Gasteiger partial charge in [-0.2, -0.15) is 5.10 Å². The Labute approximate surface area is 170 Å². The SMILES string of the molecule is O=c1ccc(-c2cccnc2)nn1C1CCC(NC2Cc3ccccc3C2)CC1. The molecule has 0 radical (unpaired) electrons. The van der Waals surface area contributed by atoms with E-state index in [-0.39, 0.29) is 11.6 Å². The van der Waals surface area contributed by atoms with Crippen molar-refractivity contribution in [2.75, 3.05) is 0 Å². The summed E-state index contributed by atoms with van der Waals surface area (Å²) in [5.74, 6) is 0. The first-order valence-corrected chi connectivity index (χ1v) is 10.6. The molecular formula is C24H26N4O. The molecule has 148 valence electrons. The van der Waals surface area contributed by atoms with Gasteiger partial charge in [0.05, 0.1) is 11.7 Å². The zero-order valence-electron chi connectivity index (χ0n) is 16.5. The second-order valence-electron chi connectivity index (χ2n) is 8.29. The average Bonchev–Trinajstić information content (AvgIpc) is 3.18. The van der Waals surface area contributed by atoms with Crippen LogP contribution in [0.5, 0.6) is 0 Å². The van der Waals surface area contributed by atoms with E-state index >= 15 is 0 Å². The predicted octanol–water partition coefficient (Wildman–Crippen LogP) is 3.55. The Hall–Kier alpha value is -2.79. The number of rotatable bonds is 4. The van der Waals surface area contributed by atoms with E-state index in [1.165, 1.54) is 11.1 Å². The van der Waals surface area contributed by atoms with Crippen LogP contribution in [0.25, 0.3) is 11.3 Å². The molecule has 0 bridgehead atoms. The van der Waals surface area contributed by atoms with Gasteiger partial charge in [0.1, 0.15) is 0 Å².